The maximum atomic E-state index is 12.8. The molecule has 200 valence electrons. The molecule has 1 heterocycles. The Kier molecular flexibility index (Phi) is 10.3. The highest BCUT2D eigenvalue weighted by molar-refractivity contribution is 5.87. The van der Waals surface area contributed by atoms with Gasteiger partial charge in [-0.25, -0.2) is 9.59 Å². The molecule has 1 aromatic rings. The Hall–Kier alpha value is -3.14. The molecular weight excluding hydrogens is 464 g/mol. The Morgan fingerprint density at radius 2 is 1.67 bits per heavy atom. The van der Waals surface area contributed by atoms with Crippen molar-refractivity contribution in [1.29, 1.82) is 0 Å². The molecular formula is C26H40N4O6. The highest BCUT2D eigenvalue weighted by Gasteiger charge is 2.29. The largest absolute Gasteiger partial charge is 0.458 e. The van der Waals surface area contributed by atoms with E-state index >= 15 is 0 Å². The molecule has 0 bridgehead atoms. The Morgan fingerprint density at radius 3 is 2.17 bits per heavy atom. The van der Waals surface area contributed by atoms with Crippen molar-refractivity contribution in [2.45, 2.75) is 78.0 Å². The summed E-state index contributed by atoms with van der Waals surface area (Å²) in [5, 5.41) is 2.73. The van der Waals surface area contributed by atoms with Gasteiger partial charge in [-0.1, -0.05) is 26.0 Å². The quantitative estimate of drug-likeness (QED) is 0.435. The fourth-order valence-electron chi connectivity index (χ4n) is 3.90. The average Bonchev–Trinajstić information content (AvgIpc) is 2.78. The van der Waals surface area contributed by atoms with Crippen LogP contribution in [0, 0.1) is 11.8 Å². The van der Waals surface area contributed by atoms with E-state index in [0.29, 0.717) is 38.1 Å². The minimum atomic E-state index is -0.921. The van der Waals surface area contributed by atoms with Crippen LogP contribution in [0.5, 0.6) is 5.75 Å². The van der Waals surface area contributed by atoms with Crippen molar-refractivity contribution in [1.82, 2.24) is 10.2 Å². The topological polar surface area (TPSA) is 154 Å². The van der Waals surface area contributed by atoms with Crippen LogP contribution in [-0.4, -0.2) is 59.6 Å². The summed E-state index contributed by atoms with van der Waals surface area (Å²) in [5.41, 5.74) is 11.4. The number of carbonyl (C=O) groups excluding carboxylic acids is 4. The van der Waals surface area contributed by atoms with E-state index in [2.05, 4.69) is 5.32 Å². The summed E-state index contributed by atoms with van der Waals surface area (Å²) in [6.07, 6.45) is 1.21. The predicted octanol–water partition coefficient (Wildman–Crippen LogP) is 2.13. The molecule has 1 aliphatic rings. The average molecular weight is 505 g/mol. The zero-order valence-corrected chi connectivity index (χ0v) is 21.9. The Labute approximate surface area is 213 Å². The van der Waals surface area contributed by atoms with Gasteiger partial charge in [-0.15, -0.1) is 0 Å². The van der Waals surface area contributed by atoms with Gasteiger partial charge in [0.2, 0.25) is 11.8 Å². The molecule has 0 spiro atoms. The van der Waals surface area contributed by atoms with Gasteiger partial charge in [-0.2, -0.15) is 0 Å². The van der Waals surface area contributed by atoms with Gasteiger partial charge in [0.1, 0.15) is 17.4 Å². The number of rotatable bonds is 9. The van der Waals surface area contributed by atoms with Crippen molar-refractivity contribution < 1.29 is 28.7 Å². The fourth-order valence-corrected chi connectivity index (χ4v) is 3.90. The van der Waals surface area contributed by atoms with Crippen LogP contribution < -0.4 is 21.5 Å². The maximum absolute atomic E-state index is 12.8. The first-order chi connectivity index (χ1) is 16.7. The van der Waals surface area contributed by atoms with Crippen molar-refractivity contribution in [2.75, 3.05) is 13.1 Å². The Morgan fingerprint density at radius 1 is 1.08 bits per heavy atom. The highest BCUT2D eigenvalue weighted by atomic mass is 16.6. The van der Waals surface area contributed by atoms with Crippen LogP contribution in [0.1, 0.15) is 59.4 Å². The van der Waals surface area contributed by atoms with Gasteiger partial charge < -0.3 is 31.2 Å². The second-order valence-corrected chi connectivity index (χ2v) is 10.7. The summed E-state index contributed by atoms with van der Waals surface area (Å²) in [6, 6.07) is 5.04. The van der Waals surface area contributed by atoms with Crippen molar-refractivity contribution in [2.24, 2.45) is 23.3 Å². The van der Waals surface area contributed by atoms with E-state index in [9.17, 15) is 19.2 Å². The van der Waals surface area contributed by atoms with Crippen molar-refractivity contribution >= 4 is 23.9 Å². The first kappa shape index (κ1) is 29.1. The summed E-state index contributed by atoms with van der Waals surface area (Å²) in [4.78, 5) is 50.7. The number of hydrogen-bond acceptors (Lipinski definition) is 7. The normalized spacial score (nSPS) is 16.2. The Balaban J connectivity index is 2.02. The van der Waals surface area contributed by atoms with E-state index in [4.69, 9.17) is 20.9 Å². The van der Waals surface area contributed by atoms with Gasteiger partial charge in [0.25, 0.3) is 0 Å². The number of hydrogen-bond donors (Lipinski definition) is 3. The van der Waals surface area contributed by atoms with Crippen LogP contribution in [0.25, 0.3) is 0 Å². The van der Waals surface area contributed by atoms with Gasteiger partial charge in [0.05, 0.1) is 6.04 Å². The number of ether oxygens (including phenoxy) is 2. The molecule has 0 aliphatic carbocycles. The second kappa shape index (κ2) is 12.7. The van der Waals surface area contributed by atoms with Crippen molar-refractivity contribution in [3.05, 3.63) is 29.8 Å². The fraction of sp³-hybridized carbons (Fsp3) is 0.615. The van der Waals surface area contributed by atoms with Crippen LogP contribution in [-0.2, 0) is 25.5 Å². The zero-order chi connectivity index (χ0) is 27.0. The third kappa shape index (κ3) is 9.49. The van der Waals surface area contributed by atoms with Crippen LogP contribution >= 0.6 is 0 Å². The van der Waals surface area contributed by atoms with Gasteiger partial charge in [0.15, 0.2) is 0 Å². The number of benzene rings is 1. The lowest BCUT2D eigenvalue weighted by Gasteiger charge is -2.29. The molecule has 5 N–H and O–H groups in total. The number of primary amides is 1. The lowest BCUT2D eigenvalue weighted by Crippen LogP contribution is -2.51. The summed E-state index contributed by atoms with van der Waals surface area (Å²) >= 11 is 0. The van der Waals surface area contributed by atoms with E-state index in [1.807, 2.05) is 13.8 Å². The van der Waals surface area contributed by atoms with Gasteiger partial charge >= 0.3 is 12.1 Å². The lowest BCUT2D eigenvalue weighted by molar-refractivity contribution is -0.158. The standard InChI is InChI=1S/C26H40N4O6/c1-16(2)14-20(27)23(32)29-21(24(33)36-26(3,4)5)15-17-6-8-19(9-7-17)35-25(34)30-12-10-18(11-13-30)22(28)31/h6-9,16,18,20-21H,10-15,27H2,1-5H3,(H2,28,31)(H,29,32)/t20-,21-/m0/s1. The van der Waals surface area contributed by atoms with E-state index in [1.54, 1.807) is 49.9 Å². The first-order valence-electron chi connectivity index (χ1n) is 12.4. The summed E-state index contributed by atoms with van der Waals surface area (Å²) in [6.45, 7) is 10.0. The number of amides is 3. The first-order valence-corrected chi connectivity index (χ1v) is 12.4. The molecule has 2 rings (SSSR count). The smallest absolute Gasteiger partial charge is 0.415 e. The number of esters is 1. The van der Waals surface area contributed by atoms with Crippen molar-refractivity contribution in [3.63, 3.8) is 0 Å². The summed E-state index contributed by atoms with van der Waals surface area (Å²) < 4.78 is 11.0. The van der Waals surface area contributed by atoms with Crippen LogP contribution in [0.15, 0.2) is 24.3 Å². The van der Waals surface area contributed by atoms with E-state index in [1.165, 1.54) is 0 Å². The molecule has 1 fully saturated rings. The van der Waals surface area contributed by atoms with Gasteiger partial charge in [-0.3, -0.25) is 9.59 Å². The van der Waals surface area contributed by atoms with Crippen LogP contribution in [0.2, 0.25) is 0 Å². The maximum Gasteiger partial charge on any atom is 0.415 e. The lowest BCUT2D eigenvalue weighted by atomic mass is 9.97. The molecule has 1 aromatic carbocycles. The number of nitrogens with two attached hydrogens (primary N) is 2. The molecule has 10 heteroatoms. The molecule has 0 radical (unpaired) electrons. The summed E-state index contributed by atoms with van der Waals surface area (Å²) in [7, 11) is 0. The number of piperidine rings is 1. The molecule has 36 heavy (non-hydrogen) atoms. The molecule has 1 aliphatic heterocycles. The molecule has 2 atom stereocenters. The zero-order valence-electron chi connectivity index (χ0n) is 21.9. The summed E-state index contributed by atoms with van der Waals surface area (Å²) in [5.74, 6) is -0.950. The molecule has 1 saturated heterocycles. The molecule has 0 aromatic heterocycles. The Bertz CT molecular complexity index is 917. The molecule has 3 amide bonds. The predicted molar refractivity (Wildman–Crippen MR) is 135 cm³/mol. The van der Waals surface area contributed by atoms with Gasteiger partial charge in [-0.05, 0) is 63.6 Å². The van der Waals surface area contributed by atoms with Crippen LogP contribution in [0.4, 0.5) is 4.79 Å². The molecule has 10 nitrogen and oxygen atoms in total. The third-order valence-electron chi connectivity index (χ3n) is 5.79. The number of carbonyl (C=O) groups is 4. The third-order valence-corrected chi connectivity index (χ3v) is 5.79. The van der Waals surface area contributed by atoms with E-state index in [0.717, 1.165) is 5.56 Å². The minimum absolute atomic E-state index is 0.184. The SMILES string of the molecule is CC(C)C[C@H](N)C(=O)N[C@@H](Cc1ccc(OC(=O)N2CCC(C(N)=O)CC2)cc1)C(=O)OC(C)(C)C. The number of likely N-dealkylation sites (tertiary alicyclic amines) is 1. The van der Waals surface area contributed by atoms with E-state index < -0.39 is 35.7 Å². The number of nitrogens with one attached hydrogen (secondary N) is 1. The second-order valence-electron chi connectivity index (χ2n) is 10.7. The molecule has 0 unspecified atom stereocenters. The molecule has 0 saturated carbocycles. The van der Waals surface area contributed by atoms with Gasteiger partial charge in [0, 0.05) is 25.4 Å². The highest BCUT2D eigenvalue weighted by Crippen LogP contribution is 2.20. The minimum Gasteiger partial charge on any atom is -0.458 e. The monoisotopic (exact) mass is 504 g/mol. The van der Waals surface area contributed by atoms with E-state index in [-0.39, 0.29) is 24.2 Å². The van der Waals surface area contributed by atoms with Crippen molar-refractivity contribution in [3.8, 4) is 5.75 Å². The van der Waals surface area contributed by atoms with Crippen LogP contribution in [0.3, 0.4) is 0 Å². The number of nitrogens with zero attached hydrogens (tertiary/aromatic N) is 1.